The van der Waals surface area contributed by atoms with Gasteiger partial charge in [0.25, 0.3) is 0 Å². The number of benzene rings is 1. The molecule has 1 aromatic carbocycles. The molecule has 0 amide bonds. The molecule has 1 atom stereocenters. The van der Waals surface area contributed by atoms with Crippen LogP contribution in [0.25, 0.3) is 11.0 Å². The quantitative estimate of drug-likeness (QED) is 0.875. The van der Waals surface area contributed by atoms with E-state index in [1.165, 1.54) is 11.1 Å². The van der Waals surface area contributed by atoms with Crippen molar-refractivity contribution in [3.63, 3.8) is 0 Å². The van der Waals surface area contributed by atoms with Crippen LogP contribution in [0.1, 0.15) is 63.5 Å². The van der Waals surface area contributed by atoms with Crippen molar-refractivity contribution in [2.45, 2.75) is 58.5 Å². The Labute approximate surface area is 120 Å². The van der Waals surface area contributed by atoms with Gasteiger partial charge in [-0.15, -0.1) is 0 Å². The molecule has 108 valence electrons. The van der Waals surface area contributed by atoms with Crippen molar-refractivity contribution in [2.24, 2.45) is 5.92 Å². The summed E-state index contributed by atoms with van der Waals surface area (Å²) in [5, 5.41) is 11.4. The minimum absolute atomic E-state index is 0.0447. The third kappa shape index (κ3) is 2.37. The first-order valence-corrected chi connectivity index (χ1v) is 7.65. The highest BCUT2D eigenvalue weighted by atomic mass is 16.4. The van der Waals surface area contributed by atoms with Gasteiger partial charge in [-0.3, -0.25) is 0 Å². The zero-order chi connectivity index (χ0) is 14.5. The number of aliphatic hydroxyl groups excluding tert-OH is 1. The lowest BCUT2D eigenvalue weighted by Gasteiger charge is -2.20. The topological polar surface area (TPSA) is 33.4 Å². The molecule has 0 radical (unpaired) electrons. The van der Waals surface area contributed by atoms with E-state index >= 15 is 0 Å². The van der Waals surface area contributed by atoms with E-state index in [1.807, 2.05) is 6.07 Å². The van der Waals surface area contributed by atoms with Crippen molar-refractivity contribution >= 4 is 11.0 Å². The van der Waals surface area contributed by atoms with Crippen LogP contribution in [-0.4, -0.2) is 5.11 Å². The van der Waals surface area contributed by atoms with Gasteiger partial charge in [-0.25, -0.2) is 0 Å². The van der Waals surface area contributed by atoms with E-state index in [9.17, 15) is 5.11 Å². The predicted octanol–water partition coefficient (Wildman–Crippen LogP) is 4.74. The highest BCUT2D eigenvalue weighted by Gasteiger charge is 2.33. The molecule has 1 aliphatic carbocycles. The molecule has 1 fully saturated rings. The molecule has 2 nitrogen and oxygen atoms in total. The van der Waals surface area contributed by atoms with Gasteiger partial charge in [0.2, 0.25) is 0 Å². The lowest BCUT2D eigenvalue weighted by molar-refractivity contribution is 0.129. The lowest BCUT2D eigenvalue weighted by atomic mass is 9.85. The van der Waals surface area contributed by atoms with Gasteiger partial charge in [0.05, 0.1) is 0 Å². The standard InChI is InChI=1S/C18H24O2/c1-5-11-8-13-10-15(16(19)12-6-7-12)20-17(13)14(9-11)18(2,3)4/h8-10,12,16,19H,5-7H2,1-4H3. The normalized spacial score (nSPS) is 17.6. The summed E-state index contributed by atoms with van der Waals surface area (Å²) in [5.74, 6) is 1.14. The second-order valence-electron chi connectivity index (χ2n) is 7.10. The van der Waals surface area contributed by atoms with Crippen molar-refractivity contribution in [1.29, 1.82) is 0 Å². The maximum absolute atomic E-state index is 10.3. The second kappa shape index (κ2) is 4.63. The van der Waals surface area contributed by atoms with Crippen molar-refractivity contribution in [3.05, 3.63) is 35.1 Å². The number of furan rings is 1. The molecule has 0 saturated heterocycles. The van der Waals surface area contributed by atoms with E-state index in [-0.39, 0.29) is 5.41 Å². The van der Waals surface area contributed by atoms with E-state index in [0.717, 1.165) is 36.0 Å². The highest BCUT2D eigenvalue weighted by molar-refractivity contribution is 5.83. The molecule has 2 aromatic rings. The van der Waals surface area contributed by atoms with Crippen molar-refractivity contribution < 1.29 is 9.52 Å². The van der Waals surface area contributed by atoms with Gasteiger partial charge in [0.1, 0.15) is 17.4 Å². The van der Waals surface area contributed by atoms with Crippen LogP contribution in [0, 0.1) is 5.92 Å². The number of aryl methyl sites for hydroxylation is 1. The summed E-state index contributed by atoms with van der Waals surface area (Å²) in [5.41, 5.74) is 3.56. The van der Waals surface area contributed by atoms with Crippen molar-refractivity contribution in [2.75, 3.05) is 0 Å². The van der Waals surface area contributed by atoms with E-state index < -0.39 is 6.10 Å². The van der Waals surface area contributed by atoms with Gasteiger partial charge >= 0.3 is 0 Å². The summed E-state index contributed by atoms with van der Waals surface area (Å²) >= 11 is 0. The number of rotatable bonds is 3. The third-order valence-corrected chi connectivity index (χ3v) is 4.27. The number of aliphatic hydroxyl groups is 1. The molecule has 1 saturated carbocycles. The van der Waals surface area contributed by atoms with Gasteiger partial charge in [-0.1, -0.05) is 33.8 Å². The maximum Gasteiger partial charge on any atom is 0.138 e. The summed E-state index contributed by atoms with van der Waals surface area (Å²) in [7, 11) is 0. The van der Waals surface area contributed by atoms with Gasteiger partial charge in [0, 0.05) is 10.9 Å². The smallest absolute Gasteiger partial charge is 0.138 e. The summed E-state index contributed by atoms with van der Waals surface area (Å²) in [6, 6.07) is 6.48. The molecule has 2 heteroatoms. The highest BCUT2D eigenvalue weighted by Crippen LogP contribution is 2.43. The molecule has 0 aliphatic heterocycles. The Kier molecular flexibility index (Phi) is 3.17. The molecule has 3 rings (SSSR count). The summed E-state index contributed by atoms with van der Waals surface area (Å²) in [6.07, 6.45) is 2.82. The minimum atomic E-state index is -0.430. The van der Waals surface area contributed by atoms with Crippen LogP contribution >= 0.6 is 0 Å². The Morgan fingerprint density at radius 1 is 1.25 bits per heavy atom. The fourth-order valence-electron chi connectivity index (χ4n) is 2.79. The van der Waals surface area contributed by atoms with Crippen LogP contribution < -0.4 is 0 Å². The van der Waals surface area contributed by atoms with E-state index in [2.05, 4.69) is 39.8 Å². The first kappa shape index (κ1) is 13.7. The summed E-state index contributed by atoms with van der Waals surface area (Å²) in [4.78, 5) is 0. The fourth-order valence-corrected chi connectivity index (χ4v) is 2.79. The van der Waals surface area contributed by atoms with Crippen LogP contribution in [0.3, 0.4) is 0 Å². The zero-order valence-electron chi connectivity index (χ0n) is 12.9. The summed E-state index contributed by atoms with van der Waals surface area (Å²) < 4.78 is 6.04. The Bertz CT molecular complexity index is 627. The lowest BCUT2D eigenvalue weighted by Crippen LogP contribution is -2.11. The molecule has 1 aliphatic rings. The third-order valence-electron chi connectivity index (χ3n) is 4.27. The first-order chi connectivity index (χ1) is 9.40. The van der Waals surface area contributed by atoms with Gasteiger partial charge in [0.15, 0.2) is 0 Å². The van der Waals surface area contributed by atoms with Crippen LogP contribution in [-0.2, 0) is 11.8 Å². The van der Waals surface area contributed by atoms with Gasteiger partial charge < -0.3 is 9.52 Å². The van der Waals surface area contributed by atoms with Crippen molar-refractivity contribution in [3.8, 4) is 0 Å². The van der Waals surface area contributed by atoms with Crippen LogP contribution in [0.15, 0.2) is 22.6 Å². The Hall–Kier alpha value is -1.28. The Morgan fingerprint density at radius 2 is 1.95 bits per heavy atom. The molecule has 0 spiro atoms. The molecule has 1 N–H and O–H groups in total. The van der Waals surface area contributed by atoms with E-state index in [0.29, 0.717) is 5.92 Å². The molecule has 0 bridgehead atoms. The van der Waals surface area contributed by atoms with Gasteiger partial charge in [-0.2, -0.15) is 0 Å². The molecule has 1 aromatic heterocycles. The zero-order valence-corrected chi connectivity index (χ0v) is 12.9. The van der Waals surface area contributed by atoms with Crippen LogP contribution in [0.2, 0.25) is 0 Å². The average molecular weight is 272 g/mol. The predicted molar refractivity (Wildman–Crippen MR) is 82.0 cm³/mol. The minimum Gasteiger partial charge on any atom is -0.458 e. The Morgan fingerprint density at radius 3 is 2.50 bits per heavy atom. The largest absolute Gasteiger partial charge is 0.458 e. The number of hydrogen-bond donors (Lipinski definition) is 1. The Balaban J connectivity index is 2.15. The summed E-state index contributed by atoms with van der Waals surface area (Å²) in [6.45, 7) is 8.80. The van der Waals surface area contributed by atoms with Crippen molar-refractivity contribution in [1.82, 2.24) is 0 Å². The molecular formula is C18H24O2. The SMILES string of the molecule is CCc1cc(C(C)(C)C)c2oc(C(O)C3CC3)cc2c1. The van der Waals surface area contributed by atoms with Gasteiger partial charge in [-0.05, 0) is 48.3 Å². The molecule has 20 heavy (non-hydrogen) atoms. The number of hydrogen-bond acceptors (Lipinski definition) is 2. The monoisotopic (exact) mass is 272 g/mol. The second-order valence-corrected chi connectivity index (χ2v) is 7.10. The first-order valence-electron chi connectivity index (χ1n) is 7.65. The maximum atomic E-state index is 10.3. The molecule has 1 heterocycles. The average Bonchev–Trinajstić information content (AvgIpc) is 3.14. The van der Waals surface area contributed by atoms with E-state index in [4.69, 9.17) is 4.42 Å². The molecular weight excluding hydrogens is 248 g/mol. The molecule has 1 unspecified atom stereocenters. The van der Waals surface area contributed by atoms with Crippen LogP contribution in [0.4, 0.5) is 0 Å². The fraction of sp³-hybridized carbons (Fsp3) is 0.556. The number of fused-ring (bicyclic) bond motifs is 1. The van der Waals surface area contributed by atoms with Crippen LogP contribution in [0.5, 0.6) is 0 Å². The van der Waals surface area contributed by atoms with E-state index in [1.54, 1.807) is 0 Å².